The molecule has 0 saturated carbocycles. The number of hydrogen-bond acceptors (Lipinski definition) is 5. The number of amides is 4. The number of hydrogen-bond donors (Lipinski definition) is 2. The Labute approximate surface area is 154 Å². The summed E-state index contributed by atoms with van der Waals surface area (Å²) >= 11 is 0. The number of nitrogens with one attached hydrogen (secondary N) is 2. The molecule has 1 unspecified atom stereocenters. The van der Waals surface area contributed by atoms with Gasteiger partial charge in [0.2, 0.25) is 11.8 Å². The molecule has 1 heterocycles. The summed E-state index contributed by atoms with van der Waals surface area (Å²) in [5.74, 6) is -2.35. The van der Waals surface area contributed by atoms with Crippen molar-refractivity contribution in [1.82, 2.24) is 5.32 Å². The maximum Gasteiger partial charge on any atom is 0.328 e. The van der Waals surface area contributed by atoms with Crippen LogP contribution in [0.25, 0.3) is 0 Å². The van der Waals surface area contributed by atoms with Crippen LogP contribution in [0, 0.1) is 23.0 Å². The van der Waals surface area contributed by atoms with E-state index < -0.39 is 28.7 Å². The van der Waals surface area contributed by atoms with Crippen LogP contribution in [0.3, 0.4) is 0 Å². The summed E-state index contributed by atoms with van der Waals surface area (Å²) in [4.78, 5) is 48.4. The second-order valence-corrected chi connectivity index (χ2v) is 6.04. The van der Waals surface area contributed by atoms with Crippen molar-refractivity contribution in [3.63, 3.8) is 0 Å². The van der Waals surface area contributed by atoms with Crippen molar-refractivity contribution in [3.8, 4) is 0 Å². The van der Waals surface area contributed by atoms with Crippen molar-refractivity contribution in [2.75, 3.05) is 16.8 Å². The smallest absolute Gasteiger partial charge is 0.328 e. The van der Waals surface area contributed by atoms with Crippen LogP contribution in [-0.4, -0.2) is 29.3 Å². The molecule has 1 aliphatic rings. The van der Waals surface area contributed by atoms with Gasteiger partial charge in [0.25, 0.3) is 5.69 Å². The first-order chi connectivity index (χ1) is 12.9. The first-order valence-corrected chi connectivity index (χ1v) is 8.10. The highest BCUT2D eigenvalue weighted by Gasteiger charge is 2.39. The first kappa shape index (κ1) is 18.1. The van der Waals surface area contributed by atoms with Gasteiger partial charge in [0, 0.05) is 24.4 Å². The predicted octanol–water partition coefficient (Wildman–Crippen LogP) is 2.21. The monoisotopic (exact) mass is 368 g/mol. The fraction of sp³-hybridized carbons (Fsp3) is 0.167. The summed E-state index contributed by atoms with van der Waals surface area (Å²) in [6.07, 6.45) is 0. The summed E-state index contributed by atoms with van der Waals surface area (Å²) in [5.41, 5.74) is 1.55. The standard InChI is InChI=1S/C18H16N4O5/c1-11-2-6-13(7-3-11)21-17(24)15(10-19-18(21)25)16(23)20-12-4-8-14(9-5-12)22(26)27/h2-9,15H,10H2,1H3,(H,19,25)(H,20,23). The third-order valence-electron chi connectivity index (χ3n) is 4.13. The minimum absolute atomic E-state index is 0.112. The maximum atomic E-state index is 12.7. The number of non-ortho nitro benzene ring substituents is 1. The number of anilines is 2. The number of aryl methyl sites for hydroxylation is 1. The lowest BCUT2D eigenvalue weighted by Gasteiger charge is -2.30. The van der Waals surface area contributed by atoms with E-state index in [4.69, 9.17) is 0 Å². The van der Waals surface area contributed by atoms with E-state index in [1.165, 1.54) is 24.3 Å². The number of nitrogens with zero attached hydrogens (tertiary/aromatic N) is 2. The van der Waals surface area contributed by atoms with Crippen molar-refractivity contribution in [1.29, 1.82) is 0 Å². The van der Waals surface area contributed by atoms with E-state index in [2.05, 4.69) is 10.6 Å². The highest BCUT2D eigenvalue weighted by Crippen LogP contribution is 2.22. The second-order valence-electron chi connectivity index (χ2n) is 6.04. The fourth-order valence-electron chi connectivity index (χ4n) is 2.65. The van der Waals surface area contributed by atoms with E-state index in [0.717, 1.165) is 10.5 Å². The Morgan fingerprint density at radius 3 is 2.37 bits per heavy atom. The summed E-state index contributed by atoms with van der Waals surface area (Å²) in [5, 5.41) is 15.8. The molecule has 4 amide bonds. The number of carbonyl (C=O) groups is 3. The van der Waals surface area contributed by atoms with Gasteiger partial charge in [0.05, 0.1) is 10.6 Å². The molecule has 1 atom stereocenters. The largest absolute Gasteiger partial charge is 0.336 e. The molecule has 0 spiro atoms. The van der Waals surface area contributed by atoms with Gasteiger partial charge in [-0.2, -0.15) is 0 Å². The van der Waals surface area contributed by atoms with E-state index >= 15 is 0 Å². The molecule has 2 N–H and O–H groups in total. The third-order valence-corrected chi connectivity index (χ3v) is 4.13. The number of benzene rings is 2. The third kappa shape index (κ3) is 3.76. The summed E-state index contributed by atoms with van der Waals surface area (Å²) in [6.45, 7) is 1.75. The van der Waals surface area contributed by atoms with Crippen molar-refractivity contribution >= 4 is 34.9 Å². The van der Waals surface area contributed by atoms with Gasteiger partial charge in [-0.25, -0.2) is 9.69 Å². The van der Waals surface area contributed by atoms with Crippen molar-refractivity contribution < 1.29 is 19.3 Å². The molecule has 1 aliphatic heterocycles. The Bertz CT molecular complexity index is 908. The second kappa shape index (κ2) is 7.24. The lowest BCUT2D eigenvalue weighted by molar-refractivity contribution is -0.384. The molecule has 0 radical (unpaired) electrons. The number of nitro benzene ring substituents is 1. The zero-order valence-corrected chi connectivity index (χ0v) is 14.3. The summed E-state index contributed by atoms with van der Waals surface area (Å²) in [7, 11) is 0. The molecule has 1 saturated heterocycles. The van der Waals surface area contributed by atoms with Gasteiger partial charge in [-0.05, 0) is 31.2 Å². The average Bonchev–Trinajstić information content (AvgIpc) is 2.63. The van der Waals surface area contributed by atoms with E-state index in [-0.39, 0.29) is 12.2 Å². The molecule has 9 heteroatoms. The first-order valence-electron chi connectivity index (χ1n) is 8.10. The lowest BCUT2D eigenvalue weighted by atomic mass is 10.0. The highest BCUT2D eigenvalue weighted by atomic mass is 16.6. The van der Waals surface area contributed by atoms with Crippen molar-refractivity contribution in [2.45, 2.75) is 6.92 Å². The summed E-state index contributed by atoms with van der Waals surface area (Å²) in [6, 6.07) is 11.4. The normalized spacial score (nSPS) is 16.6. The number of imide groups is 1. The minimum Gasteiger partial charge on any atom is -0.336 e. The van der Waals surface area contributed by atoms with Crippen molar-refractivity contribution in [3.05, 3.63) is 64.2 Å². The number of rotatable bonds is 4. The minimum atomic E-state index is -1.11. The molecule has 0 aliphatic carbocycles. The molecule has 2 aromatic rings. The molecule has 9 nitrogen and oxygen atoms in total. The van der Waals surface area contributed by atoms with Gasteiger partial charge < -0.3 is 10.6 Å². The lowest BCUT2D eigenvalue weighted by Crippen LogP contribution is -2.58. The molecular formula is C18H16N4O5. The van der Waals surface area contributed by atoms with Crippen LogP contribution in [0.2, 0.25) is 0 Å². The molecule has 27 heavy (non-hydrogen) atoms. The van der Waals surface area contributed by atoms with E-state index in [9.17, 15) is 24.5 Å². The van der Waals surface area contributed by atoms with Gasteiger partial charge in [-0.3, -0.25) is 19.7 Å². The van der Waals surface area contributed by atoms with Crippen LogP contribution in [0.15, 0.2) is 48.5 Å². The maximum absolute atomic E-state index is 12.7. The van der Waals surface area contributed by atoms with Crippen LogP contribution in [-0.2, 0) is 9.59 Å². The Kier molecular flexibility index (Phi) is 4.84. The Balaban J connectivity index is 1.76. The van der Waals surface area contributed by atoms with Crippen LogP contribution in [0.5, 0.6) is 0 Å². The van der Waals surface area contributed by atoms with Crippen LogP contribution >= 0.6 is 0 Å². The topological polar surface area (TPSA) is 122 Å². The van der Waals surface area contributed by atoms with Gasteiger partial charge in [0.1, 0.15) is 5.92 Å². The fourth-order valence-corrected chi connectivity index (χ4v) is 2.65. The van der Waals surface area contributed by atoms with Gasteiger partial charge in [-0.15, -0.1) is 0 Å². The van der Waals surface area contributed by atoms with Gasteiger partial charge >= 0.3 is 6.03 Å². The zero-order chi connectivity index (χ0) is 19.6. The van der Waals surface area contributed by atoms with E-state index in [1.807, 2.05) is 6.92 Å². The number of urea groups is 1. The van der Waals surface area contributed by atoms with E-state index in [1.54, 1.807) is 24.3 Å². The van der Waals surface area contributed by atoms with Crippen LogP contribution < -0.4 is 15.5 Å². The molecular weight excluding hydrogens is 352 g/mol. The molecule has 1 fully saturated rings. The Hall–Kier alpha value is -3.75. The number of carbonyl (C=O) groups excluding carboxylic acids is 3. The van der Waals surface area contributed by atoms with Gasteiger partial charge in [-0.1, -0.05) is 17.7 Å². The Morgan fingerprint density at radius 2 is 1.78 bits per heavy atom. The molecule has 138 valence electrons. The number of nitro groups is 1. The highest BCUT2D eigenvalue weighted by molar-refractivity contribution is 6.23. The molecule has 3 rings (SSSR count). The summed E-state index contributed by atoms with van der Waals surface area (Å²) < 4.78 is 0. The average molecular weight is 368 g/mol. The predicted molar refractivity (Wildman–Crippen MR) is 97.3 cm³/mol. The van der Waals surface area contributed by atoms with Gasteiger partial charge in [0.15, 0.2) is 0 Å². The SMILES string of the molecule is Cc1ccc(N2C(=O)NCC(C(=O)Nc3ccc([N+](=O)[O-])cc3)C2=O)cc1. The Morgan fingerprint density at radius 1 is 1.15 bits per heavy atom. The molecule has 2 aromatic carbocycles. The quantitative estimate of drug-likeness (QED) is 0.487. The van der Waals surface area contributed by atoms with Crippen LogP contribution in [0.4, 0.5) is 21.9 Å². The van der Waals surface area contributed by atoms with Crippen molar-refractivity contribution in [2.24, 2.45) is 5.92 Å². The van der Waals surface area contributed by atoms with E-state index in [0.29, 0.717) is 11.4 Å². The zero-order valence-electron chi connectivity index (χ0n) is 14.3. The molecule has 0 bridgehead atoms. The molecule has 0 aromatic heterocycles. The van der Waals surface area contributed by atoms with Crippen LogP contribution in [0.1, 0.15) is 5.56 Å².